The number of hydrogen-bond acceptors (Lipinski definition) is 3. The van der Waals surface area contributed by atoms with Crippen LogP contribution in [0.3, 0.4) is 0 Å². The lowest BCUT2D eigenvalue weighted by atomic mass is 10.1. The fourth-order valence-corrected chi connectivity index (χ4v) is 3.12. The van der Waals surface area contributed by atoms with Crippen molar-refractivity contribution in [2.75, 3.05) is 23.9 Å². The van der Waals surface area contributed by atoms with Crippen LogP contribution in [0.2, 0.25) is 0 Å². The number of anilines is 2. The summed E-state index contributed by atoms with van der Waals surface area (Å²) in [5.74, 6) is 0.764. The van der Waals surface area contributed by atoms with Crippen molar-refractivity contribution in [1.82, 2.24) is 0 Å². The lowest BCUT2D eigenvalue weighted by Gasteiger charge is -2.24. The van der Waals surface area contributed by atoms with Gasteiger partial charge in [0.1, 0.15) is 5.75 Å². The molecule has 0 bridgehead atoms. The Kier molecular flexibility index (Phi) is 4.51. The second kappa shape index (κ2) is 6.73. The summed E-state index contributed by atoms with van der Waals surface area (Å²) in [5, 5.41) is 2.93. The summed E-state index contributed by atoms with van der Waals surface area (Å²) in [6.07, 6.45) is 1.52. The first-order valence-corrected chi connectivity index (χ1v) is 7.96. The zero-order chi connectivity index (χ0) is 16.2. The third-order valence-electron chi connectivity index (χ3n) is 4.28. The van der Waals surface area contributed by atoms with Gasteiger partial charge in [-0.05, 0) is 37.1 Å². The maximum Gasteiger partial charge on any atom is 0.226 e. The Balaban J connectivity index is 1.59. The van der Waals surface area contributed by atoms with Crippen LogP contribution < -0.4 is 15.0 Å². The topological polar surface area (TPSA) is 41.6 Å². The van der Waals surface area contributed by atoms with Crippen molar-refractivity contribution in [1.29, 1.82) is 0 Å². The number of hydrogen-bond donors (Lipinski definition) is 1. The van der Waals surface area contributed by atoms with Gasteiger partial charge in [0.2, 0.25) is 5.91 Å². The Bertz CT molecular complexity index is 699. The standard InChI is InChI=1S/C19H22N2O2/c1-14-12-15-6-3-4-9-18(15)21(14)11-10-19(22)20-16-7-5-8-17(13-16)23-2/h3-9,13-14H,10-12H2,1-2H3,(H,20,22). The van der Waals surface area contributed by atoms with Crippen molar-refractivity contribution >= 4 is 17.3 Å². The normalized spacial score (nSPS) is 16.1. The summed E-state index contributed by atoms with van der Waals surface area (Å²) in [7, 11) is 1.62. The zero-order valence-corrected chi connectivity index (χ0v) is 13.6. The molecule has 0 aromatic heterocycles. The van der Waals surface area contributed by atoms with Crippen molar-refractivity contribution in [3.8, 4) is 5.75 Å². The van der Waals surface area contributed by atoms with Gasteiger partial charge in [0, 0.05) is 36.4 Å². The molecule has 3 rings (SSSR count). The van der Waals surface area contributed by atoms with Gasteiger partial charge in [-0.1, -0.05) is 24.3 Å². The predicted molar refractivity (Wildman–Crippen MR) is 93.2 cm³/mol. The number of nitrogens with zero attached hydrogens (tertiary/aromatic N) is 1. The number of carbonyl (C=O) groups is 1. The molecular formula is C19H22N2O2. The molecule has 0 saturated heterocycles. The minimum Gasteiger partial charge on any atom is -0.497 e. The molecule has 0 fully saturated rings. The molecule has 1 unspecified atom stereocenters. The first-order chi connectivity index (χ1) is 11.2. The highest BCUT2D eigenvalue weighted by Crippen LogP contribution is 2.31. The lowest BCUT2D eigenvalue weighted by Crippen LogP contribution is -2.32. The molecule has 120 valence electrons. The lowest BCUT2D eigenvalue weighted by molar-refractivity contribution is -0.116. The van der Waals surface area contributed by atoms with Crippen molar-refractivity contribution < 1.29 is 9.53 Å². The van der Waals surface area contributed by atoms with Crippen LogP contribution in [0.25, 0.3) is 0 Å². The van der Waals surface area contributed by atoms with Gasteiger partial charge in [-0.3, -0.25) is 4.79 Å². The van der Waals surface area contributed by atoms with Crippen LogP contribution in [0.1, 0.15) is 18.9 Å². The van der Waals surface area contributed by atoms with E-state index in [4.69, 9.17) is 4.74 Å². The quantitative estimate of drug-likeness (QED) is 0.919. The molecule has 0 radical (unpaired) electrons. The molecule has 1 heterocycles. The fraction of sp³-hybridized carbons (Fsp3) is 0.316. The third kappa shape index (κ3) is 3.47. The Hall–Kier alpha value is -2.49. The highest BCUT2D eigenvalue weighted by Gasteiger charge is 2.25. The van der Waals surface area contributed by atoms with E-state index >= 15 is 0 Å². The molecule has 1 atom stereocenters. The van der Waals surface area contributed by atoms with Crippen LogP contribution >= 0.6 is 0 Å². The first-order valence-electron chi connectivity index (χ1n) is 7.96. The maximum absolute atomic E-state index is 12.2. The van der Waals surface area contributed by atoms with Gasteiger partial charge in [-0.2, -0.15) is 0 Å². The second-order valence-corrected chi connectivity index (χ2v) is 5.91. The minimum absolute atomic E-state index is 0.0230. The molecule has 23 heavy (non-hydrogen) atoms. The SMILES string of the molecule is COc1cccc(NC(=O)CCN2c3ccccc3CC2C)c1. The Morgan fingerprint density at radius 1 is 1.26 bits per heavy atom. The van der Waals surface area contributed by atoms with Crippen LogP contribution in [0, 0.1) is 0 Å². The van der Waals surface area contributed by atoms with E-state index in [-0.39, 0.29) is 5.91 Å². The largest absolute Gasteiger partial charge is 0.497 e. The van der Waals surface area contributed by atoms with E-state index in [9.17, 15) is 4.79 Å². The van der Waals surface area contributed by atoms with Gasteiger partial charge >= 0.3 is 0 Å². The van der Waals surface area contributed by atoms with Crippen LogP contribution in [0.5, 0.6) is 5.75 Å². The number of fused-ring (bicyclic) bond motifs is 1. The summed E-state index contributed by atoms with van der Waals surface area (Å²) in [6, 6.07) is 16.3. The van der Waals surface area contributed by atoms with Crippen LogP contribution in [0.4, 0.5) is 11.4 Å². The summed E-state index contributed by atoms with van der Waals surface area (Å²) in [6.45, 7) is 2.94. The average Bonchev–Trinajstić information content (AvgIpc) is 2.88. The molecule has 0 aliphatic carbocycles. The molecule has 1 aliphatic rings. The highest BCUT2D eigenvalue weighted by molar-refractivity contribution is 5.91. The van der Waals surface area contributed by atoms with E-state index in [1.165, 1.54) is 11.3 Å². The number of nitrogens with one attached hydrogen (secondary N) is 1. The fourth-order valence-electron chi connectivity index (χ4n) is 3.12. The second-order valence-electron chi connectivity index (χ2n) is 5.91. The number of amides is 1. The van der Waals surface area contributed by atoms with Gasteiger partial charge in [-0.15, -0.1) is 0 Å². The first kappa shape index (κ1) is 15.4. The van der Waals surface area contributed by atoms with E-state index in [0.717, 1.165) is 24.4 Å². The number of rotatable bonds is 5. The maximum atomic E-state index is 12.2. The molecule has 1 amide bonds. The third-order valence-corrected chi connectivity index (χ3v) is 4.28. The Morgan fingerprint density at radius 2 is 2.09 bits per heavy atom. The van der Waals surface area contributed by atoms with Crippen molar-refractivity contribution in [3.63, 3.8) is 0 Å². The Morgan fingerprint density at radius 3 is 2.91 bits per heavy atom. The zero-order valence-electron chi connectivity index (χ0n) is 13.6. The number of ether oxygens (including phenoxy) is 1. The summed E-state index contributed by atoms with van der Waals surface area (Å²) < 4.78 is 5.17. The summed E-state index contributed by atoms with van der Waals surface area (Å²) >= 11 is 0. The monoisotopic (exact) mass is 310 g/mol. The van der Waals surface area contributed by atoms with Gasteiger partial charge in [0.15, 0.2) is 0 Å². The average molecular weight is 310 g/mol. The molecule has 4 nitrogen and oxygen atoms in total. The van der Waals surface area contributed by atoms with Crippen molar-refractivity contribution in [2.45, 2.75) is 25.8 Å². The van der Waals surface area contributed by atoms with E-state index in [2.05, 4.69) is 41.4 Å². The van der Waals surface area contributed by atoms with Crippen molar-refractivity contribution in [2.24, 2.45) is 0 Å². The van der Waals surface area contributed by atoms with Gasteiger partial charge in [0.25, 0.3) is 0 Å². The van der Waals surface area contributed by atoms with Crippen molar-refractivity contribution in [3.05, 3.63) is 54.1 Å². The van der Waals surface area contributed by atoms with E-state index in [0.29, 0.717) is 12.5 Å². The van der Waals surface area contributed by atoms with Crippen LogP contribution in [-0.4, -0.2) is 25.6 Å². The highest BCUT2D eigenvalue weighted by atomic mass is 16.5. The van der Waals surface area contributed by atoms with E-state index in [1.807, 2.05) is 24.3 Å². The van der Waals surface area contributed by atoms with E-state index in [1.54, 1.807) is 7.11 Å². The molecular weight excluding hydrogens is 288 g/mol. The smallest absolute Gasteiger partial charge is 0.226 e. The number of benzene rings is 2. The minimum atomic E-state index is 0.0230. The number of methoxy groups -OCH3 is 1. The summed E-state index contributed by atoms with van der Waals surface area (Å²) in [4.78, 5) is 14.5. The number of para-hydroxylation sites is 1. The molecule has 1 aliphatic heterocycles. The molecule has 2 aromatic carbocycles. The molecule has 2 aromatic rings. The Labute approximate surface area is 137 Å². The van der Waals surface area contributed by atoms with Gasteiger partial charge in [0.05, 0.1) is 7.11 Å². The predicted octanol–water partition coefficient (Wildman–Crippen LogP) is 3.48. The molecule has 0 spiro atoms. The van der Waals surface area contributed by atoms with Crippen LogP contribution in [0.15, 0.2) is 48.5 Å². The number of carbonyl (C=O) groups excluding carboxylic acids is 1. The van der Waals surface area contributed by atoms with E-state index < -0.39 is 0 Å². The molecule has 1 N–H and O–H groups in total. The molecule has 4 heteroatoms. The van der Waals surface area contributed by atoms with Gasteiger partial charge < -0.3 is 15.0 Å². The van der Waals surface area contributed by atoms with Crippen LogP contribution in [-0.2, 0) is 11.2 Å². The molecule has 0 saturated carbocycles. The summed E-state index contributed by atoms with van der Waals surface area (Å²) in [5.41, 5.74) is 3.40. The van der Waals surface area contributed by atoms with Gasteiger partial charge in [-0.25, -0.2) is 0 Å².